The molecule has 11 heteroatoms. The van der Waals surface area contributed by atoms with Gasteiger partial charge in [0.05, 0.1) is 17.1 Å². The molecule has 5 rings (SSSR count). The van der Waals surface area contributed by atoms with Gasteiger partial charge in [-0.3, -0.25) is 18.9 Å². The Bertz CT molecular complexity index is 1580. The highest BCUT2D eigenvalue weighted by Gasteiger charge is 2.19. The summed E-state index contributed by atoms with van der Waals surface area (Å²) in [4.78, 5) is 37.6. The number of halogens is 2. The van der Waals surface area contributed by atoms with Crippen molar-refractivity contribution in [1.82, 2.24) is 28.7 Å². The molecule has 162 valence electrons. The number of pyridine rings is 1. The van der Waals surface area contributed by atoms with E-state index in [2.05, 4.69) is 20.3 Å². The number of hydrogen-bond acceptors (Lipinski definition) is 5. The summed E-state index contributed by atoms with van der Waals surface area (Å²) in [6, 6.07) is 7.88. The second-order valence-electron chi connectivity index (χ2n) is 7.37. The van der Waals surface area contributed by atoms with Crippen LogP contribution in [0.1, 0.15) is 5.69 Å². The van der Waals surface area contributed by atoms with Gasteiger partial charge in [0.2, 0.25) is 5.95 Å². The third-order valence-corrected chi connectivity index (χ3v) is 5.70. The Morgan fingerprint density at radius 3 is 2.59 bits per heavy atom. The lowest BCUT2D eigenvalue weighted by atomic mass is 10.2. The molecule has 1 aromatic carbocycles. The van der Waals surface area contributed by atoms with Crippen molar-refractivity contribution >= 4 is 45.3 Å². The Balaban J connectivity index is 1.64. The smallest absolute Gasteiger partial charge is 0.332 e. The van der Waals surface area contributed by atoms with Crippen molar-refractivity contribution in [2.75, 3.05) is 5.32 Å². The van der Waals surface area contributed by atoms with Crippen LogP contribution < -0.4 is 16.6 Å². The largest absolute Gasteiger partial charge is 0.354 e. The minimum absolute atomic E-state index is 0.0792. The molecular weight excluding hydrogens is 437 g/mol. The lowest BCUT2D eigenvalue weighted by Crippen LogP contribution is -2.39. The van der Waals surface area contributed by atoms with Crippen molar-refractivity contribution in [2.45, 2.75) is 6.54 Å². The van der Waals surface area contributed by atoms with Crippen LogP contribution in [0.5, 0.6) is 0 Å². The molecule has 0 aliphatic heterocycles. The van der Waals surface area contributed by atoms with Gasteiger partial charge in [-0.2, -0.15) is 4.98 Å². The van der Waals surface area contributed by atoms with E-state index in [1.165, 1.54) is 16.7 Å². The van der Waals surface area contributed by atoms with Crippen molar-refractivity contribution in [2.24, 2.45) is 14.1 Å². The fraction of sp³-hybridized carbons (Fsp3) is 0.143. The molecule has 0 fully saturated rings. The minimum atomic E-state index is -0.540. The molecule has 0 spiro atoms. The SMILES string of the molecule is Cn1c(Nc2ccncc2)nc2c1c(=O)n(Cc1cc3c(Cl)ccc(F)c3[nH]1)c(=O)n2C. The van der Waals surface area contributed by atoms with Crippen molar-refractivity contribution < 1.29 is 4.39 Å². The molecule has 4 heterocycles. The molecule has 5 aromatic rings. The van der Waals surface area contributed by atoms with Crippen molar-refractivity contribution in [1.29, 1.82) is 0 Å². The number of H-pyrrole nitrogens is 1. The Kier molecular flexibility index (Phi) is 4.59. The summed E-state index contributed by atoms with van der Waals surface area (Å²) >= 11 is 6.16. The highest BCUT2D eigenvalue weighted by Crippen LogP contribution is 2.26. The Morgan fingerprint density at radius 2 is 1.88 bits per heavy atom. The van der Waals surface area contributed by atoms with Gasteiger partial charge < -0.3 is 14.9 Å². The van der Waals surface area contributed by atoms with Crippen LogP contribution in [0.4, 0.5) is 16.0 Å². The number of aryl methyl sites for hydroxylation is 2. The van der Waals surface area contributed by atoms with E-state index in [0.717, 1.165) is 10.3 Å². The Labute approximate surface area is 184 Å². The number of hydrogen-bond donors (Lipinski definition) is 2. The first-order chi connectivity index (χ1) is 15.3. The zero-order valence-electron chi connectivity index (χ0n) is 17.1. The molecule has 0 atom stereocenters. The van der Waals surface area contributed by atoms with Gasteiger partial charge in [0.15, 0.2) is 11.2 Å². The molecule has 32 heavy (non-hydrogen) atoms. The average Bonchev–Trinajstić information content (AvgIpc) is 3.36. The van der Waals surface area contributed by atoms with Crippen LogP contribution in [-0.4, -0.2) is 28.7 Å². The summed E-state index contributed by atoms with van der Waals surface area (Å²) in [5.74, 6) is -0.0691. The number of nitrogens with zero attached hydrogens (tertiary/aromatic N) is 5. The normalized spacial score (nSPS) is 11.5. The van der Waals surface area contributed by atoms with Crippen LogP contribution in [-0.2, 0) is 20.6 Å². The maximum atomic E-state index is 14.1. The highest BCUT2D eigenvalue weighted by molar-refractivity contribution is 6.35. The van der Waals surface area contributed by atoms with E-state index in [4.69, 9.17) is 11.6 Å². The lowest BCUT2D eigenvalue weighted by molar-refractivity contribution is 0.633. The number of anilines is 2. The molecule has 2 N–H and O–H groups in total. The monoisotopic (exact) mass is 453 g/mol. The van der Waals surface area contributed by atoms with Crippen LogP contribution in [0.2, 0.25) is 5.02 Å². The third kappa shape index (κ3) is 3.07. The molecule has 0 amide bonds. The summed E-state index contributed by atoms with van der Waals surface area (Å²) in [7, 11) is 3.23. The van der Waals surface area contributed by atoms with Crippen molar-refractivity contribution in [3.63, 3.8) is 0 Å². The number of benzene rings is 1. The Morgan fingerprint density at radius 1 is 1.12 bits per heavy atom. The maximum absolute atomic E-state index is 14.1. The van der Waals surface area contributed by atoms with Crippen LogP contribution >= 0.6 is 11.6 Å². The second-order valence-corrected chi connectivity index (χ2v) is 7.78. The minimum Gasteiger partial charge on any atom is -0.354 e. The van der Waals surface area contributed by atoms with E-state index >= 15 is 0 Å². The summed E-state index contributed by atoms with van der Waals surface area (Å²) < 4.78 is 18.1. The van der Waals surface area contributed by atoms with Gasteiger partial charge in [0.1, 0.15) is 5.82 Å². The summed E-state index contributed by atoms with van der Waals surface area (Å²) in [5.41, 5.74) is 0.892. The number of fused-ring (bicyclic) bond motifs is 2. The van der Waals surface area contributed by atoms with Crippen molar-refractivity contribution in [3.05, 3.63) is 80.1 Å². The predicted octanol–water partition coefficient (Wildman–Crippen LogP) is 2.89. The van der Waals surface area contributed by atoms with Gasteiger partial charge in [-0.05, 0) is 30.3 Å². The number of aromatic amines is 1. The van der Waals surface area contributed by atoms with Gasteiger partial charge in [-0.25, -0.2) is 9.18 Å². The fourth-order valence-corrected chi connectivity index (χ4v) is 3.93. The van der Waals surface area contributed by atoms with E-state index in [1.54, 1.807) is 49.3 Å². The first-order valence-electron chi connectivity index (χ1n) is 9.64. The van der Waals surface area contributed by atoms with Crippen molar-refractivity contribution in [3.8, 4) is 0 Å². The van der Waals surface area contributed by atoms with Crippen LogP contribution in [0.15, 0.2) is 52.3 Å². The molecule has 0 saturated heterocycles. The number of rotatable bonds is 4. The Hall–Kier alpha value is -3.92. The lowest BCUT2D eigenvalue weighted by Gasteiger charge is -2.08. The molecule has 0 aliphatic rings. The third-order valence-electron chi connectivity index (χ3n) is 5.37. The predicted molar refractivity (Wildman–Crippen MR) is 120 cm³/mol. The first kappa shape index (κ1) is 20.0. The number of aromatic nitrogens is 6. The van der Waals surface area contributed by atoms with Crippen LogP contribution in [0.25, 0.3) is 22.1 Å². The van der Waals surface area contributed by atoms with Gasteiger partial charge in [-0.15, -0.1) is 0 Å². The second kappa shape index (κ2) is 7.34. The molecule has 0 aliphatic carbocycles. The molecule has 0 radical (unpaired) electrons. The van der Waals surface area contributed by atoms with E-state index < -0.39 is 17.1 Å². The molecule has 0 unspecified atom stereocenters. The van der Waals surface area contributed by atoms with Gasteiger partial charge in [0.25, 0.3) is 5.56 Å². The highest BCUT2D eigenvalue weighted by atomic mass is 35.5. The van der Waals surface area contributed by atoms with Gasteiger partial charge in [-0.1, -0.05) is 11.6 Å². The number of nitrogens with one attached hydrogen (secondary N) is 2. The zero-order valence-corrected chi connectivity index (χ0v) is 17.8. The summed E-state index contributed by atoms with van der Waals surface area (Å²) in [5, 5.41) is 3.98. The fourth-order valence-electron chi connectivity index (χ4n) is 3.72. The van der Waals surface area contributed by atoms with Gasteiger partial charge in [0, 0.05) is 43.3 Å². The number of imidazole rings is 1. The summed E-state index contributed by atoms with van der Waals surface area (Å²) in [6.45, 7) is -0.0792. The molecule has 0 bridgehead atoms. The van der Waals surface area contributed by atoms with E-state index in [0.29, 0.717) is 22.1 Å². The molecule has 0 saturated carbocycles. The summed E-state index contributed by atoms with van der Waals surface area (Å²) in [6.07, 6.45) is 3.26. The molecule has 4 aromatic heterocycles. The molecular formula is C21H17ClFN7O2. The zero-order chi connectivity index (χ0) is 22.6. The quantitative estimate of drug-likeness (QED) is 0.435. The van der Waals surface area contributed by atoms with E-state index in [-0.39, 0.29) is 23.2 Å². The average molecular weight is 454 g/mol. The first-order valence-corrected chi connectivity index (χ1v) is 10.0. The molecule has 9 nitrogen and oxygen atoms in total. The topological polar surface area (TPSA) is 103 Å². The standard InChI is InChI=1S/C21H17ClFN7O2/c1-28-17-18(27-20(28)26-11-5-7-24-8-6-11)29(2)21(32)30(19(17)31)10-12-9-13-14(22)3-4-15(23)16(13)25-12/h3-9,25H,10H2,1-2H3,(H,24,26,27). The van der Waals surface area contributed by atoms with Crippen LogP contribution in [0.3, 0.4) is 0 Å². The van der Waals surface area contributed by atoms with E-state index in [1.807, 2.05) is 0 Å². The van der Waals surface area contributed by atoms with E-state index in [9.17, 15) is 14.0 Å². The maximum Gasteiger partial charge on any atom is 0.332 e. The van der Waals surface area contributed by atoms with Crippen LogP contribution in [0, 0.1) is 5.82 Å². The van der Waals surface area contributed by atoms with Gasteiger partial charge >= 0.3 is 5.69 Å².